The predicted molar refractivity (Wildman–Crippen MR) is 73.3 cm³/mol. The number of alkyl halides is 4. The molecule has 1 aromatic heterocycles. The Morgan fingerprint density at radius 3 is 2.65 bits per heavy atom. The van der Waals surface area contributed by atoms with E-state index in [1.807, 2.05) is 6.92 Å². The Kier molecular flexibility index (Phi) is 4.39. The fourth-order valence-corrected chi connectivity index (χ4v) is 2.09. The third-order valence-electron chi connectivity index (χ3n) is 2.71. The lowest BCUT2D eigenvalue weighted by Gasteiger charge is -2.09. The number of hydrogen-bond acceptors (Lipinski definition) is 2. The fourth-order valence-electron chi connectivity index (χ4n) is 1.62. The summed E-state index contributed by atoms with van der Waals surface area (Å²) in [6.45, 7) is 1.98. The first-order chi connectivity index (χ1) is 9.32. The predicted octanol–water partition coefficient (Wildman–Crippen LogP) is 4.79. The van der Waals surface area contributed by atoms with Crippen molar-refractivity contribution in [3.05, 3.63) is 40.7 Å². The Morgan fingerprint density at radius 2 is 2.10 bits per heavy atom. The third kappa shape index (κ3) is 3.15. The monoisotopic (exact) mass is 367 g/mol. The average Bonchev–Trinajstić information content (AvgIpc) is 2.86. The molecule has 0 radical (unpaired) electrons. The Hall–Kier alpha value is -1.08. The van der Waals surface area contributed by atoms with Crippen molar-refractivity contribution in [2.24, 2.45) is 0 Å². The van der Waals surface area contributed by atoms with Gasteiger partial charge in [-0.15, -0.1) is 5.10 Å². The SMILES string of the molecule is CCC(Br)c1cn(-c2ccc(C(F)(F)F)cc2Cl)nn1. The molecule has 0 amide bonds. The first kappa shape index (κ1) is 15.3. The lowest BCUT2D eigenvalue weighted by Crippen LogP contribution is -2.06. The van der Waals surface area contributed by atoms with E-state index in [9.17, 15) is 13.2 Å². The van der Waals surface area contributed by atoms with Gasteiger partial charge in [-0.1, -0.05) is 39.7 Å². The van der Waals surface area contributed by atoms with Gasteiger partial charge < -0.3 is 0 Å². The lowest BCUT2D eigenvalue weighted by molar-refractivity contribution is -0.137. The molecule has 1 unspecified atom stereocenters. The van der Waals surface area contributed by atoms with Gasteiger partial charge in [0.25, 0.3) is 0 Å². The number of benzene rings is 1. The van der Waals surface area contributed by atoms with Gasteiger partial charge in [-0.25, -0.2) is 4.68 Å². The molecule has 3 nitrogen and oxygen atoms in total. The summed E-state index contributed by atoms with van der Waals surface area (Å²) in [6.07, 6.45) is -1.96. The van der Waals surface area contributed by atoms with Crippen molar-refractivity contribution in [1.29, 1.82) is 0 Å². The van der Waals surface area contributed by atoms with E-state index < -0.39 is 11.7 Å². The molecule has 20 heavy (non-hydrogen) atoms. The molecule has 0 fully saturated rings. The summed E-state index contributed by atoms with van der Waals surface area (Å²) in [5.74, 6) is 0. The minimum Gasteiger partial charge on any atom is -0.219 e. The summed E-state index contributed by atoms with van der Waals surface area (Å²) in [5, 5.41) is 7.81. The molecule has 0 aliphatic carbocycles. The molecule has 0 aliphatic rings. The number of halogens is 5. The standard InChI is InChI=1S/C12H10BrClF3N3/c1-2-8(13)10-6-20(19-18-10)11-4-3-7(5-9(11)14)12(15,16)17/h3-6,8H,2H2,1H3. The van der Waals surface area contributed by atoms with Crippen molar-refractivity contribution >= 4 is 27.5 Å². The summed E-state index contributed by atoms with van der Waals surface area (Å²) < 4.78 is 39.0. The van der Waals surface area contributed by atoms with E-state index in [0.29, 0.717) is 11.4 Å². The number of nitrogens with zero attached hydrogens (tertiary/aromatic N) is 3. The summed E-state index contributed by atoms with van der Waals surface area (Å²) in [5.41, 5.74) is 0.260. The zero-order valence-electron chi connectivity index (χ0n) is 10.3. The van der Waals surface area contributed by atoms with Crippen molar-refractivity contribution in [3.63, 3.8) is 0 Å². The van der Waals surface area contributed by atoms with Crippen LogP contribution in [0.2, 0.25) is 5.02 Å². The fraction of sp³-hybridized carbons (Fsp3) is 0.333. The molecule has 0 spiro atoms. The zero-order valence-corrected chi connectivity index (χ0v) is 12.7. The summed E-state index contributed by atoms with van der Waals surface area (Å²) in [6, 6.07) is 3.12. The Labute approximate surface area is 126 Å². The highest BCUT2D eigenvalue weighted by atomic mass is 79.9. The minimum absolute atomic E-state index is 0.0288. The van der Waals surface area contributed by atoms with Gasteiger partial charge in [0.15, 0.2) is 0 Å². The van der Waals surface area contributed by atoms with Crippen LogP contribution in [0.3, 0.4) is 0 Å². The van der Waals surface area contributed by atoms with Crippen LogP contribution in [0.4, 0.5) is 13.2 Å². The van der Waals surface area contributed by atoms with Gasteiger partial charge in [0, 0.05) is 0 Å². The van der Waals surface area contributed by atoms with Crippen LogP contribution in [0.1, 0.15) is 29.4 Å². The van der Waals surface area contributed by atoms with Gasteiger partial charge in [-0.3, -0.25) is 0 Å². The van der Waals surface area contributed by atoms with Crippen LogP contribution in [0.15, 0.2) is 24.4 Å². The maximum atomic E-state index is 12.6. The van der Waals surface area contributed by atoms with Crippen molar-refractivity contribution in [1.82, 2.24) is 15.0 Å². The summed E-state index contributed by atoms with van der Waals surface area (Å²) in [7, 11) is 0. The molecule has 1 atom stereocenters. The second-order valence-corrected chi connectivity index (χ2v) is 5.64. The Morgan fingerprint density at radius 1 is 1.40 bits per heavy atom. The molecule has 8 heteroatoms. The van der Waals surface area contributed by atoms with Crippen molar-refractivity contribution < 1.29 is 13.2 Å². The third-order valence-corrected chi connectivity index (χ3v) is 4.13. The molecule has 1 aromatic carbocycles. The van der Waals surface area contributed by atoms with E-state index in [1.165, 1.54) is 10.7 Å². The molecular formula is C12H10BrClF3N3. The van der Waals surface area contributed by atoms with Crippen LogP contribution in [0, 0.1) is 0 Å². The normalized spacial score (nSPS) is 13.5. The van der Waals surface area contributed by atoms with Crippen molar-refractivity contribution in [3.8, 4) is 5.69 Å². The molecular weight excluding hydrogens is 359 g/mol. The number of hydrogen-bond donors (Lipinski definition) is 0. The molecule has 0 saturated carbocycles. The quantitative estimate of drug-likeness (QED) is 0.730. The maximum absolute atomic E-state index is 12.6. The van der Waals surface area contributed by atoms with E-state index in [2.05, 4.69) is 26.2 Å². The van der Waals surface area contributed by atoms with Crippen LogP contribution in [-0.4, -0.2) is 15.0 Å². The molecule has 0 aliphatic heterocycles. The molecule has 0 bridgehead atoms. The van der Waals surface area contributed by atoms with Gasteiger partial charge in [0.2, 0.25) is 0 Å². The topological polar surface area (TPSA) is 30.7 Å². The molecule has 0 N–H and O–H groups in total. The van der Waals surface area contributed by atoms with Crippen LogP contribution in [0.5, 0.6) is 0 Å². The molecule has 0 saturated heterocycles. The zero-order chi connectivity index (χ0) is 14.9. The number of rotatable bonds is 3. The molecule has 1 heterocycles. The van der Waals surface area contributed by atoms with E-state index in [4.69, 9.17) is 11.6 Å². The molecule has 2 aromatic rings. The highest BCUT2D eigenvalue weighted by Gasteiger charge is 2.31. The molecule has 108 valence electrons. The number of aromatic nitrogens is 3. The first-order valence-corrected chi connectivity index (χ1v) is 7.05. The van der Waals surface area contributed by atoms with Crippen LogP contribution < -0.4 is 0 Å². The highest BCUT2D eigenvalue weighted by molar-refractivity contribution is 9.09. The summed E-state index contributed by atoms with van der Waals surface area (Å²) >= 11 is 9.32. The van der Waals surface area contributed by atoms with Gasteiger partial charge in [-0.2, -0.15) is 13.2 Å². The first-order valence-electron chi connectivity index (χ1n) is 5.76. The average molecular weight is 369 g/mol. The van der Waals surface area contributed by atoms with Gasteiger partial charge in [0.1, 0.15) is 0 Å². The van der Waals surface area contributed by atoms with Gasteiger partial charge in [0.05, 0.1) is 33.0 Å². The minimum atomic E-state index is -4.42. The van der Waals surface area contributed by atoms with Gasteiger partial charge >= 0.3 is 6.18 Å². The Balaban J connectivity index is 2.36. The smallest absolute Gasteiger partial charge is 0.219 e. The van der Waals surface area contributed by atoms with E-state index in [1.54, 1.807) is 6.20 Å². The van der Waals surface area contributed by atoms with Crippen LogP contribution in [-0.2, 0) is 6.18 Å². The van der Waals surface area contributed by atoms with E-state index in [0.717, 1.165) is 18.6 Å². The van der Waals surface area contributed by atoms with E-state index >= 15 is 0 Å². The van der Waals surface area contributed by atoms with Crippen LogP contribution in [0.25, 0.3) is 5.69 Å². The second-order valence-electron chi connectivity index (χ2n) is 4.13. The highest BCUT2D eigenvalue weighted by Crippen LogP contribution is 2.33. The van der Waals surface area contributed by atoms with Crippen molar-refractivity contribution in [2.45, 2.75) is 24.3 Å². The van der Waals surface area contributed by atoms with E-state index in [-0.39, 0.29) is 9.85 Å². The van der Waals surface area contributed by atoms with Crippen molar-refractivity contribution in [2.75, 3.05) is 0 Å². The Bertz CT molecular complexity index is 612. The maximum Gasteiger partial charge on any atom is 0.416 e. The lowest BCUT2D eigenvalue weighted by atomic mass is 10.2. The van der Waals surface area contributed by atoms with Gasteiger partial charge in [-0.05, 0) is 24.6 Å². The summed E-state index contributed by atoms with van der Waals surface area (Å²) in [4.78, 5) is 0.0458. The second kappa shape index (κ2) is 5.73. The van der Waals surface area contributed by atoms with Crippen LogP contribution >= 0.6 is 27.5 Å². The molecule has 2 rings (SSSR count). The largest absolute Gasteiger partial charge is 0.416 e.